The van der Waals surface area contributed by atoms with Crippen molar-refractivity contribution in [3.05, 3.63) is 158 Å². The summed E-state index contributed by atoms with van der Waals surface area (Å²) in [7, 11) is 0. The lowest BCUT2D eigenvalue weighted by atomic mass is 10.1. The van der Waals surface area contributed by atoms with Crippen molar-refractivity contribution >= 4 is 65.7 Å². The Kier molecular flexibility index (Phi) is 5.86. The number of rotatable bonds is 4. The molecule has 0 saturated carbocycles. The lowest BCUT2D eigenvalue weighted by Crippen LogP contribution is -2.00. The van der Waals surface area contributed by atoms with Gasteiger partial charge in [-0.2, -0.15) is 0 Å². The van der Waals surface area contributed by atoms with Gasteiger partial charge in [-0.05, 0) is 66.7 Å². The first-order valence-corrected chi connectivity index (χ1v) is 16.9. The maximum absolute atomic E-state index is 6.49. The number of benzene rings is 7. The van der Waals surface area contributed by atoms with Crippen molar-refractivity contribution in [3.63, 3.8) is 0 Å². The van der Waals surface area contributed by atoms with Crippen LogP contribution in [0.15, 0.2) is 167 Å². The van der Waals surface area contributed by atoms with Gasteiger partial charge in [0.05, 0.1) is 11.0 Å². The molecule has 0 N–H and O–H groups in total. The summed E-state index contributed by atoms with van der Waals surface area (Å²) in [6.07, 6.45) is 0. The second-order valence-corrected chi connectivity index (χ2v) is 12.8. The molecule has 0 fully saturated rings. The molecule has 0 amide bonds. The van der Waals surface area contributed by atoms with Crippen molar-refractivity contribution in [2.45, 2.75) is 0 Å². The Bertz CT molecular complexity index is 3140. The van der Waals surface area contributed by atoms with Gasteiger partial charge in [0.1, 0.15) is 22.3 Å². The number of furan rings is 2. The molecule has 238 valence electrons. The summed E-state index contributed by atoms with van der Waals surface area (Å²) in [5, 5.41) is 6.52. The predicted molar refractivity (Wildman–Crippen MR) is 205 cm³/mol. The quantitative estimate of drug-likeness (QED) is 0.189. The average molecular weight is 655 g/mol. The summed E-state index contributed by atoms with van der Waals surface area (Å²) in [6.45, 7) is 0. The van der Waals surface area contributed by atoms with Crippen LogP contribution in [-0.2, 0) is 0 Å². The lowest BCUT2D eigenvalue weighted by molar-refractivity contribution is 0.669. The smallest absolute Gasteiger partial charge is 0.164 e. The third kappa shape index (κ3) is 4.33. The van der Waals surface area contributed by atoms with Gasteiger partial charge in [-0.1, -0.05) is 91.0 Å². The van der Waals surface area contributed by atoms with Crippen molar-refractivity contribution in [1.29, 1.82) is 0 Å². The Hall–Kier alpha value is -7.05. The molecule has 0 aliphatic heterocycles. The van der Waals surface area contributed by atoms with Gasteiger partial charge in [0, 0.05) is 54.7 Å². The Labute approximate surface area is 290 Å². The molecule has 7 aromatic carbocycles. The molecule has 0 atom stereocenters. The average Bonchev–Trinajstić information content (AvgIpc) is 3.86. The molecule has 4 heterocycles. The zero-order valence-corrected chi connectivity index (χ0v) is 27.1. The molecule has 4 aromatic heterocycles. The summed E-state index contributed by atoms with van der Waals surface area (Å²) >= 11 is 0. The van der Waals surface area contributed by atoms with Crippen LogP contribution < -0.4 is 0 Å². The fourth-order valence-electron chi connectivity index (χ4n) is 7.45. The molecule has 0 saturated heterocycles. The number of hydrogen-bond donors (Lipinski definition) is 0. The van der Waals surface area contributed by atoms with E-state index in [-0.39, 0.29) is 0 Å². The largest absolute Gasteiger partial charge is 0.456 e. The highest BCUT2D eigenvalue weighted by atomic mass is 16.3. The molecule has 6 nitrogen and oxygen atoms in total. The molecule has 0 radical (unpaired) electrons. The van der Waals surface area contributed by atoms with Crippen LogP contribution in [0.2, 0.25) is 0 Å². The van der Waals surface area contributed by atoms with Crippen molar-refractivity contribution in [3.8, 4) is 39.9 Å². The topological polar surface area (TPSA) is 69.9 Å². The SMILES string of the molecule is c1ccc(-c2nc(-c3ccc4c(c3)oc3ccccc34)nc(-c3ccc4oc5cc6c7ccccc7n(-c7ccccc7)c6cc5c4c3)n2)cc1. The number of para-hydroxylation sites is 3. The van der Waals surface area contributed by atoms with Gasteiger partial charge < -0.3 is 13.4 Å². The molecule has 6 heteroatoms. The van der Waals surface area contributed by atoms with Crippen LogP contribution in [0.4, 0.5) is 0 Å². The number of fused-ring (bicyclic) bond motifs is 9. The fraction of sp³-hybridized carbons (Fsp3) is 0. The van der Waals surface area contributed by atoms with Crippen LogP contribution in [0.5, 0.6) is 0 Å². The Morgan fingerprint density at radius 3 is 1.71 bits per heavy atom. The van der Waals surface area contributed by atoms with Gasteiger partial charge in [0.15, 0.2) is 17.5 Å². The van der Waals surface area contributed by atoms with E-state index in [0.29, 0.717) is 17.5 Å². The van der Waals surface area contributed by atoms with Crippen LogP contribution in [0.3, 0.4) is 0 Å². The summed E-state index contributed by atoms with van der Waals surface area (Å²) in [5.41, 5.74) is 9.34. The van der Waals surface area contributed by atoms with E-state index in [9.17, 15) is 0 Å². The van der Waals surface area contributed by atoms with Gasteiger partial charge in [0.25, 0.3) is 0 Å². The van der Waals surface area contributed by atoms with Crippen LogP contribution in [0.1, 0.15) is 0 Å². The van der Waals surface area contributed by atoms with Gasteiger partial charge >= 0.3 is 0 Å². The molecule has 51 heavy (non-hydrogen) atoms. The highest BCUT2D eigenvalue weighted by molar-refractivity contribution is 6.17. The van der Waals surface area contributed by atoms with Gasteiger partial charge in [-0.25, -0.2) is 15.0 Å². The number of hydrogen-bond acceptors (Lipinski definition) is 5. The first-order valence-electron chi connectivity index (χ1n) is 16.9. The van der Waals surface area contributed by atoms with Gasteiger partial charge in [0.2, 0.25) is 0 Å². The maximum atomic E-state index is 6.49. The van der Waals surface area contributed by atoms with Crippen LogP contribution in [0, 0.1) is 0 Å². The van der Waals surface area contributed by atoms with Crippen LogP contribution in [-0.4, -0.2) is 19.5 Å². The first kappa shape index (κ1) is 27.9. The predicted octanol–water partition coefficient (Wildman–Crippen LogP) is 11.8. The highest BCUT2D eigenvalue weighted by Crippen LogP contribution is 2.39. The van der Waals surface area contributed by atoms with E-state index in [1.165, 1.54) is 5.39 Å². The van der Waals surface area contributed by atoms with E-state index in [4.69, 9.17) is 23.8 Å². The summed E-state index contributed by atoms with van der Waals surface area (Å²) < 4.78 is 15.1. The van der Waals surface area contributed by atoms with Crippen LogP contribution in [0.25, 0.3) is 106 Å². The zero-order chi connectivity index (χ0) is 33.5. The minimum absolute atomic E-state index is 0.576. The second kappa shape index (κ2) is 10.7. The molecule has 0 unspecified atom stereocenters. The normalized spacial score (nSPS) is 11.9. The summed E-state index contributed by atoms with van der Waals surface area (Å²) in [5.74, 6) is 1.76. The molecular weight excluding hydrogens is 629 g/mol. The van der Waals surface area contributed by atoms with E-state index in [0.717, 1.165) is 82.7 Å². The van der Waals surface area contributed by atoms with Crippen molar-refractivity contribution in [1.82, 2.24) is 19.5 Å². The Morgan fingerprint density at radius 1 is 0.333 bits per heavy atom. The fourth-order valence-corrected chi connectivity index (χ4v) is 7.45. The van der Waals surface area contributed by atoms with Crippen LogP contribution >= 0.6 is 0 Å². The van der Waals surface area contributed by atoms with E-state index in [1.54, 1.807) is 0 Å². The number of nitrogens with zero attached hydrogens (tertiary/aromatic N) is 4. The van der Waals surface area contributed by atoms with Crippen molar-refractivity contribution in [2.24, 2.45) is 0 Å². The monoisotopic (exact) mass is 654 g/mol. The lowest BCUT2D eigenvalue weighted by Gasteiger charge is -2.09. The number of aromatic nitrogens is 4. The van der Waals surface area contributed by atoms with E-state index in [1.807, 2.05) is 72.8 Å². The molecular formula is C45H26N4O2. The van der Waals surface area contributed by atoms with E-state index >= 15 is 0 Å². The van der Waals surface area contributed by atoms with E-state index in [2.05, 4.69) is 89.5 Å². The summed E-state index contributed by atoms with van der Waals surface area (Å²) in [4.78, 5) is 15.1. The first-order chi connectivity index (χ1) is 25.2. The second-order valence-electron chi connectivity index (χ2n) is 12.8. The molecule has 0 aliphatic rings. The Morgan fingerprint density at radius 2 is 0.902 bits per heavy atom. The van der Waals surface area contributed by atoms with Crippen molar-refractivity contribution in [2.75, 3.05) is 0 Å². The molecule has 0 spiro atoms. The molecule has 11 rings (SSSR count). The molecule has 0 aliphatic carbocycles. The standard InChI is InChI=1S/C45H26N4O2/c1-3-11-27(12-4-1)43-46-44(48-45(47-43)29-19-21-33-32-16-8-10-18-39(32)50-41(33)24-29)28-20-22-40-35(23-28)36-25-38-34(26-42(36)51-40)31-15-7-9-17-37(31)49(38)30-13-5-2-6-14-30/h1-26H. The van der Waals surface area contributed by atoms with Crippen molar-refractivity contribution < 1.29 is 8.83 Å². The maximum Gasteiger partial charge on any atom is 0.164 e. The third-order valence-corrected chi connectivity index (χ3v) is 9.84. The molecule has 0 bridgehead atoms. The van der Waals surface area contributed by atoms with E-state index < -0.39 is 0 Å². The molecule has 11 aromatic rings. The third-order valence-electron chi connectivity index (χ3n) is 9.84. The summed E-state index contributed by atoms with van der Waals surface area (Å²) in [6, 6.07) is 53.9. The van der Waals surface area contributed by atoms with Gasteiger partial charge in [-0.15, -0.1) is 0 Å². The zero-order valence-electron chi connectivity index (χ0n) is 27.1. The highest BCUT2D eigenvalue weighted by Gasteiger charge is 2.19. The Balaban J connectivity index is 1.12. The minimum Gasteiger partial charge on any atom is -0.456 e. The minimum atomic E-state index is 0.576. The van der Waals surface area contributed by atoms with Gasteiger partial charge in [-0.3, -0.25) is 0 Å².